The van der Waals surface area contributed by atoms with Crippen molar-refractivity contribution in [2.24, 2.45) is 7.05 Å². The number of nitrogens with zero attached hydrogens (tertiary/aromatic N) is 2. The third kappa shape index (κ3) is 3.77. The Labute approximate surface area is 121 Å². The van der Waals surface area contributed by atoms with E-state index in [9.17, 15) is 4.79 Å². The number of carbonyl (C=O) groups excluding carboxylic acids is 1. The normalized spacial score (nSPS) is 10.3. The van der Waals surface area contributed by atoms with Gasteiger partial charge in [0.1, 0.15) is 5.75 Å². The minimum atomic E-state index is -0.363. The van der Waals surface area contributed by atoms with Gasteiger partial charge >= 0.3 is 5.97 Å². The molecule has 2 rings (SSSR count). The molecule has 2 aromatic rings. The third-order valence-electron chi connectivity index (χ3n) is 2.62. The second-order valence-electron chi connectivity index (χ2n) is 4.04. The van der Waals surface area contributed by atoms with Crippen LogP contribution in [0.1, 0.15) is 10.4 Å². The fraction of sp³-hybridized carbons (Fsp3) is 0.286. The maximum atomic E-state index is 11.4. The Morgan fingerprint density at radius 1 is 1.45 bits per heavy atom. The zero-order valence-corrected chi connectivity index (χ0v) is 12.2. The monoisotopic (exact) mass is 292 g/mol. The SMILES string of the molecule is COC(=O)c1cccc(OCCSc2nccn2C)c1. The van der Waals surface area contributed by atoms with Gasteiger partial charge in [0.25, 0.3) is 0 Å². The quantitative estimate of drug-likeness (QED) is 0.465. The molecule has 0 aliphatic carbocycles. The number of rotatable bonds is 6. The van der Waals surface area contributed by atoms with Crippen LogP contribution in [0.15, 0.2) is 41.8 Å². The number of benzene rings is 1. The first kappa shape index (κ1) is 14.5. The number of carbonyl (C=O) groups is 1. The van der Waals surface area contributed by atoms with E-state index in [1.807, 2.05) is 23.9 Å². The van der Waals surface area contributed by atoms with Crippen molar-refractivity contribution in [1.29, 1.82) is 0 Å². The van der Waals surface area contributed by atoms with E-state index in [1.54, 1.807) is 36.2 Å². The zero-order chi connectivity index (χ0) is 14.4. The Balaban J connectivity index is 1.82. The van der Waals surface area contributed by atoms with E-state index in [-0.39, 0.29) is 5.97 Å². The van der Waals surface area contributed by atoms with Gasteiger partial charge in [0.05, 0.1) is 19.3 Å². The van der Waals surface area contributed by atoms with Gasteiger partial charge in [-0.1, -0.05) is 17.8 Å². The highest BCUT2D eigenvalue weighted by atomic mass is 32.2. The number of hydrogen-bond donors (Lipinski definition) is 0. The molecule has 0 aliphatic rings. The molecule has 0 unspecified atom stereocenters. The highest BCUT2D eigenvalue weighted by molar-refractivity contribution is 7.99. The first-order chi connectivity index (χ1) is 9.70. The molecule has 1 aromatic carbocycles. The number of imidazole rings is 1. The van der Waals surface area contributed by atoms with Crippen LogP contribution >= 0.6 is 11.8 Å². The van der Waals surface area contributed by atoms with E-state index in [1.165, 1.54) is 7.11 Å². The highest BCUT2D eigenvalue weighted by Crippen LogP contribution is 2.17. The van der Waals surface area contributed by atoms with Crippen LogP contribution in [0.5, 0.6) is 5.75 Å². The number of aromatic nitrogens is 2. The topological polar surface area (TPSA) is 53.4 Å². The Morgan fingerprint density at radius 3 is 3.00 bits per heavy atom. The standard InChI is InChI=1S/C14H16N2O3S/c1-16-7-6-15-14(16)20-9-8-19-12-5-3-4-11(10-12)13(17)18-2/h3-7,10H,8-9H2,1-2H3. The summed E-state index contributed by atoms with van der Waals surface area (Å²) < 4.78 is 12.2. The van der Waals surface area contributed by atoms with Gasteiger partial charge in [0.15, 0.2) is 5.16 Å². The molecule has 0 radical (unpaired) electrons. The van der Waals surface area contributed by atoms with Crippen molar-refractivity contribution in [3.63, 3.8) is 0 Å². The number of hydrogen-bond acceptors (Lipinski definition) is 5. The summed E-state index contributed by atoms with van der Waals surface area (Å²) >= 11 is 1.62. The van der Waals surface area contributed by atoms with Crippen LogP contribution < -0.4 is 4.74 Å². The summed E-state index contributed by atoms with van der Waals surface area (Å²) in [6, 6.07) is 6.96. The van der Waals surface area contributed by atoms with Crippen LogP contribution in [0.3, 0.4) is 0 Å². The molecule has 6 heteroatoms. The number of ether oxygens (including phenoxy) is 2. The van der Waals surface area contributed by atoms with E-state index >= 15 is 0 Å². The molecule has 1 aromatic heterocycles. The van der Waals surface area contributed by atoms with Crippen LogP contribution in [0.4, 0.5) is 0 Å². The lowest BCUT2D eigenvalue weighted by atomic mass is 10.2. The van der Waals surface area contributed by atoms with Gasteiger partial charge in [-0.3, -0.25) is 0 Å². The van der Waals surface area contributed by atoms with Gasteiger partial charge in [-0.25, -0.2) is 9.78 Å². The Hall–Kier alpha value is -1.95. The van der Waals surface area contributed by atoms with Crippen LogP contribution in [0.25, 0.3) is 0 Å². The van der Waals surface area contributed by atoms with Gasteiger partial charge in [-0.05, 0) is 18.2 Å². The largest absolute Gasteiger partial charge is 0.493 e. The van der Waals surface area contributed by atoms with Crippen molar-refractivity contribution in [3.8, 4) is 5.75 Å². The molecule has 1 heterocycles. The molecule has 0 saturated carbocycles. The van der Waals surface area contributed by atoms with Gasteiger partial charge in [0, 0.05) is 25.2 Å². The average Bonchev–Trinajstić information content (AvgIpc) is 2.88. The summed E-state index contributed by atoms with van der Waals surface area (Å²) in [5.41, 5.74) is 0.488. The molecule has 0 fully saturated rings. The molecule has 0 N–H and O–H groups in total. The average molecular weight is 292 g/mol. The summed E-state index contributed by atoms with van der Waals surface area (Å²) in [7, 11) is 3.31. The van der Waals surface area contributed by atoms with Crippen molar-refractivity contribution < 1.29 is 14.3 Å². The van der Waals surface area contributed by atoms with Gasteiger partial charge < -0.3 is 14.0 Å². The lowest BCUT2D eigenvalue weighted by Gasteiger charge is -2.07. The van der Waals surface area contributed by atoms with Crippen LogP contribution in [-0.4, -0.2) is 35.0 Å². The number of methoxy groups -OCH3 is 1. The van der Waals surface area contributed by atoms with Crippen LogP contribution in [0, 0.1) is 0 Å². The molecule has 5 nitrogen and oxygen atoms in total. The van der Waals surface area contributed by atoms with Crippen molar-refractivity contribution in [2.75, 3.05) is 19.5 Å². The fourth-order valence-electron chi connectivity index (χ4n) is 1.61. The van der Waals surface area contributed by atoms with Crippen LogP contribution in [-0.2, 0) is 11.8 Å². The van der Waals surface area contributed by atoms with E-state index in [0.717, 1.165) is 10.9 Å². The molecule has 106 valence electrons. The second-order valence-corrected chi connectivity index (χ2v) is 5.10. The maximum absolute atomic E-state index is 11.4. The summed E-state index contributed by atoms with van der Waals surface area (Å²) in [5.74, 6) is 1.08. The minimum Gasteiger partial charge on any atom is -0.493 e. The molecule has 0 aliphatic heterocycles. The Morgan fingerprint density at radius 2 is 2.30 bits per heavy atom. The first-order valence-corrected chi connectivity index (χ1v) is 7.10. The Bertz CT molecular complexity index is 583. The van der Waals surface area contributed by atoms with Crippen molar-refractivity contribution in [3.05, 3.63) is 42.2 Å². The minimum absolute atomic E-state index is 0.363. The van der Waals surface area contributed by atoms with Crippen molar-refractivity contribution in [2.45, 2.75) is 5.16 Å². The third-order valence-corrected chi connectivity index (χ3v) is 3.64. The summed E-state index contributed by atoms with van der Waals surface area (Å²) in [4.78, 5) is 15.6. The molecular formula is C14H16N2O3S. The van der Waals surface area contributed by atoms with Crippen molar-refractivity contribution >= 4 is 17.7 Å². The summed E-state index contributed by atoms with van der Waals surface area (Å²) in [6.07, 6.45) is 3.67. The number of esters is 1. The van der Waals surface area contributed by atoms with Gasteiger partial charge in [0.2, 0.25) is 0 Å². The first-order valence-electron chi connectivity index (χ1n) is 6.12. The molecular weight excluding hydrogens is 276 g/mol. The van der Waals surface area contributed by atoms with Gasteiger partial charge in [-0.2, -0.15) is 0 Å². The molecule has 0 amide bonds. The van der Waals surface area contributed by atoms with E-state index in [2.05, 4.69) is 9.72 Å². The predicted molar refractivity (Wildman–Crippen MR) is 77.2 cm³/mol. The number of thioether (sulfide) groups is 1. The molecule has 0 spiro atoms. The molecule has 0 bridgehead atoms. The zero-order valence-electron chi connectivity index (χ0n) is 11.4. The highest BCUT2D eigenvalue weighted by Gasteiger charge is 2.06. The summed E-state index contributed by atoms with van der Waals surface area (Å²) in [5, 5.41) is 0.955. The molecule has 20 heavy (non-hydrogen) atoms. The second kappa shape index (κ2) is 7.00. The smallest absolute Gasteiger partial charge is 0.337 e. The lowest BCUT2D eigenvalue weighted by molar-refractivity contribution is 0.0600. The van der Waals surface area contributed by atoms with E-state index in [0.29, 0.717) is 17.9 Å². The van der Waals surface area contributed by atoms with E-state index in [4.69, 9.17) is 4.74 Å². The maximum Gasteiger partial charge on any atom is 0.337 e. The van der Waals surface area contributed by atoms with Crippen molar-refractivity contribution in [1.82, 2.24) is 9.55 Å². The van der Waals surface area contributed by atoms with E-state index < -0.39 is 0 Å². The van der Waals surface area contributed by atoms with Crippen LogP contribution in [0.2, 0.25) is 0 Å². The summed E-state index contributed by atoms with van der Waals surface area (Å²) in [6.45, 7) is 0.544. The lowest BCUT2D eigenvalue weighted by Crippen LogP contribution is -2.04. The molecule has 0 atom stereocenters. The Kier molecular flexibility index (Phi) is 5.06. The molecule has 0 saturated heterocycles. The number of aryl methyl sites for hydroxylation is 1. The van der Waals surface area contributed by atoms with Gasteiger partial charge in [-0.15, -0.1) is 0 Å². The predicted octanol–water partition coefficient (Wildman–Crippen LogP) is 2.38. The fourth-order valence-corrected chi connectivity index (χ4v) is 2.36.